The predicted octanol–water partition coefficient (Wildman–Crippen LogP) is 1.12. The van der Waals surface area contributed by atoms with Crippen LogP contribution in [0.5, 0.6) is 0 Å². The van der Waals surface area contributed by atoms with Gasteiger partial charge >= 0.3 is 5.97 Å². The van der Waals surface area contributed by atoms with E-state index in [0.717, 1.165) is 38.5 Å². The van der Waals surface area contributed by atoms with Crippen LogP contribution in [-0.4, -0.2) is 16.6 Å². The molecule has 0 amide bonds. The lowest BCUT2D eigenvalue weighted by molar-refractivity contribution is -0.155. The second kappa shape index (κ2) is 2.22. The van der Waals surface area contributed by atoms with Gasteiger partial charge in [-0.25, -0.2) is 0 Å². The molecule has 0 spiro atoms. The molecule has 0 aromatic carbocycles. The van der Waals surface area contributed by atoms with Crippen LogP contribution < -0.4 is 5.73 Å². The molecule has 3 aliphatic carbocycles. The number of hydrogen-bond acceptors (Lipinski definition) is 2. The minimum atomic E-state index is -0.607. The van der Waals surface area contributed by atoms with Crippen molar-refractivity contribution in [3.63, 3.8) is 0 Å². The number of carboxylic acids is 1. The van der Waals surface area contributed by atoms with Gasteiger partial charge in [-0.05, 0) is 38.5 Å². The van der Waals surface area contributed by atoms with E-state index in [1.165, 1.54) is 0 Å². The molecule has 3 saturated carbocycles. The Morgan fingerprint density at radius 2 is 1.50 bits per heavy atom. The third-order valence-electron chi connectivity index (χ3n) is 3.76. The Kier molecular flexibility index (Phi) is 1.49. The molecule has 2 bridgehead atoms. The van der Waals surface area contributed by atoms with E-state index >= 15 is 0 Å². The second-order valence-corrected chi connectivity index (χ2v) is 4.45. The van der Waals surface area contributed by atoms with Gasteiger partial charge in [0.1, 0.15) is 0 Å². The zero-order valence-corrected chi connectivity index (χ0v) is 7.18. The molecule has 0 radical (unpaired) electrons. The lowest BCUT2D eigenvalue weighted by atomic mass is 9.58. The Morgan fingerprint density at radius 1 is 1.08 bits per heavy atom. The summed E-state index contributed by atoms with van der Waals surface area (Å²) in [6.07, 6.45) is 5.08. The number of hydrogen-bond donors (Lipinski definition) is 2. The monoisotopic (exact) mass is 169 g/mol. The van der Waals surface area contributed by atoms with Gasteiger partial charge in [0, 0.05) is 5.54 Å². The number of aliphatic carboxylic acids is 1. The first-order valence-electron chi connectivity index (χ1n) is 4.59. The van der Waals surface area contributed by atoms with Gasteiger partial charge in [-0.1, -0.05) is 0 Å². The van der Waals surface area contributed by atoms with E-state index < -0.39 is 11.4 Å². The van der Waals surface area contributed by atoms with Gasteiger partial charge in [-0.15, -0.1) is 0 Å². The van der Waals surface area contributed by atoms with Crippen LogP contribution in [0.4, 0.5) is 0 Å². The van der Waals surface area contributed by atoms with Gasteiger partial charge in [0.05, 0.1) is 5.41 Å². The van der Waals surface area contributed by atoms with Crippen LogP contribution >= 0.6 is 0 Å². The molecule has 0 heterocycles. The lowest BCUT2D eigenvalue weighted by Gasteiger charge is -2.49. The van der Waals surface area contributed by atoms with E-state index in [-0.39, 0.29) is 5.54 Å². The fourth-order valence-corrected chi connectivity index (χ4v) is 2.54. The molecule has 0 aromatic rings. The van der Waals surface area contributed by atoms with E-state index in [4.69, 9.17) is 10.8 Å². The molecule has 3 fully saturated rings. The van der Waals surface area contributed by atoms with Crippen molar-refractivity contribution in [2.45, 2.75) is 44.1 Å². The van der Waals surface area contributed by atoms with Crippen molar-refractivity contribution in [3.05, 3.63) is 0 Å². The van der Waals surface area contributed by atoms with Crippen LogP contribution in [0.3, 0.4) is 0 Å². The van der Waals surface area contributed by atoms with Crippen LogP contribution in [0.1, 0.15) is 38.5 Å². The molecular weight excluding hydrogens is 154 g/mol. The first-order chi connectivity index (χ1) is 5.56. The lowest BCUT2D eigenvalue weighted by Crippen LogP contribution is -2.54. The maximum Gasteiger partial charge on any atom is 0.309 e. The van der Waals surface area contributed by atoms with E-state index in [1.54, 1.807) is 0 Å². The molecule has 3 aliphatic rings. The highest BCUT2D eigenvalue weighted by Gasteiger charge is 2.50. The first kappa shape index (κ1) is 8.05. The number of rotatable bonds is 1. The number of fused-ring (bicyclic) bond motifs is 3. The minimum Gasteiger partial charge on any atom is -0.481 e. The van der Waals surface area contributed by atoms with Crippen molar-refractivity contribution < 1.29 is 9.90 Å². The van der Waals surface area contributed by atoms with Gasteiger partial charge in [0.15, 0.2) is 0 Å². The Balaban J connectivity index is 2.20. The summed E-state index contributed by atoms with van der Waals surface area (Å²) in [5, 5.41) is 9.06. The standard InChI is InChI=1S/C9H15NO2/c10-9-4-1-8(2-5-9,3-6-9)7(11)12/h1-6,10H2,(H,11,12). The van der Waals surface area contributed by atoms with E-state index in [2.05, 4.69) is 0 Å². The quantitative estimate of drug-likeness (QED) is 0.618. The topological polar surface area (TPSA) is 63.3 Å². The van der Waals surface area contributed by atoms with Crippen molar-refractivity contribution in [3.8, 4) is 0 Å². The van der Waals surface area contributed by atoms with Crippen LogP contribution in [0.2, 0.25) is 0 Å². The number of nitrogens with two attached hydrogens (primary N) is 1. The normalized spacial score (nSPS) is 46.1. The van der Waals surface area contributed by atoms with Crippen molar-refractivity contribution >= 4 is 5.97 Å². The average molecular weight is 169 g/mol. The summed E-state index contributed by atoms with van der Waals surface area (Å²) in [6.45, 7) is 0. The average Bonchev–Trinajstić information content (AvgIpc) is 2.06. The summed E-state index contributed by atoms with van der Waals surface area (Å²) < 4.78 is 0. The summed E-state index contributed by atoms with van der Waals surface area (Å²) >= 11 is 0. The fraction of sp³-hybridized carbons (Fsp3) is 0.889. The van der Waals surface area contributed by atoms with Crippen LogP contribution in [0.25, 0.3) is 0 Å². The summed E-state index contributed by atoms with van der Waals surface area (Å²) in [6, 6.07) is 0. The van der Waals surface area contributed by atoms with Gasteiger partial charge in [0.25, 0.3) is 0 Å². The third-order valence-corrected chi connectivity index (χ3v) is 3.76. The molecule has 0 atom stereocenters. The molecule has 12 heavy (non-hydrogen) atoms. The van der Waals surface area contributed by atoms with Crippen molar-refractivity contribution in [1.82, 2.24) is 0 Å². The van der Waals surface area contributed by atoms with Crippen LogP contribution in [0.15, 0.2) is 0 Å². The smallest absolute Gasteiger partial charge is 0.309 e. The van der Waals surface area contributed by atoms with Gasteiger partial charge in [-0.3, -0.25) is 4.79 Å². The zero-order valence-electron chi connectivity index (χ0n) is 7.18. The maximum atomic E-state index is 11.0. The van der Waals surface area contributed by atoms with Gasteiger partial charge < -0.3 is 10.8 Å². The molecule has 68 valence electrons. The zero-order chi connectivity index (χ0) is 8.82. The highest BCUT2D eigenvalue weighted by Crippen LogP contribution is 2.51. The van der Waals surface area contributed by atoms with Crippen LogP contribution in [-0.2, 0) is 4.79 Å². The molecule has 0 unspecified atom stereocenters. The van der Waals surface area contributed by atoms with Gasteiger partial charge in [-0.2, -0.15) is 0 Å². The van der Waals surface area contributed by atoms with Crippen LogP contribution in [0, 0.1) is 5.41 Å². The highest BCUT2D eigenvalue weighted by atomic mass is 16.4. The summed E-state index contributed by atoms with van der Waals surface area (Å²) in [5.41, 5.74) is 5.64. The molecule has 3 heteroatoms. The summed E-state index contributed by atoms with van der Waals surface area (Å²) in [5.74, 6) is -0.607. The van der Waals surface area contributed by atoms with Crippen molar-refractivity contribution in [1.29, 1.82) is 0 Å². The minimum absolute atomic E-state index is 0.0167. The van der Waals surface area contributed by atoms with Crippen molar-refractivity contribution in [2.75, 3.05) is 0 Å². The van der Waals surface area contributed by atoms with E-state index in [9.17, 15) is 4.79 Å². The molecule has 0 saturated heterocycles. The Labute approximate surface area is 71.9 Å². The molecule has 0 aliphatic heterocycles. The SMILES string of the molecule is NC12CCC(C(=O)O)(CC1)CC2. The maximum absolute atomic E-state index is 11.0. The number of carbonyl (C=O) groups is 1. The van der Waals surface area contributed by atoms with E-state index in [1.807, 2.05) is 0 Å². The summed E-state index contributed by atoms with van der Waals surface area (Å²) in [4.78, 5) is 11.0. The Hall–Kier alpha value is -0.570. The molecule has 3 nitrogen and oxygen atoms in total. The first-order valence-corrected chi connectivity index (χ1v) is 4.59. The largest absolute Gasteiger partial charge is 0.481 e. The number of carboxylic acid groups (broad SMARTS) is 1. The highest BCUT2D eigenvalue weighted by molar-refractivity contribution is 5.75. The molecule has 0 aromatic heterocycles. The fourth-order valence-electron chi connectivity index (χ4n) is 2.54. The third kappa shape index (κ3) is 0.959. The predicted molar refractivity (Wildman–Crippen MR) is 44.7 cm³/mol. The molecule has 3 rings (SSSR count). The molecular formula is C9H15NO2. The van der Waals surface area contributed by atoms with E-state index in [0.29, 0.717) is 0 Å². The second-order valence-electron chi connectivity index (χ2n) is 4.45. The van der Waals surface area contributed by atoms with Gasteiger partial charge in [0.2, 0.25) is 0 Å². The molecule has 3 N–H and O–H groups in total. The Bertz CT molecular complexity index is 200. The van der Waals surface area contributed by atoms with Crippen molar-refractivity contribution in [2.24, 2.45) is 11.1 Å². The summed E-state index contributed by atoms with van der Waals surface area (Å²) in [7, 11) is 0. The Morgan fingerprint density at radius 3 is 1.83 bits per heavy atom.